The fraction of sp³-hybridized carbons (Fsp3) is 0.632. The molecule has 26 heavy (non-hydrogen) atoms. The van der Waals surface area contributed by atoms with Crippen LogP contribution in [0.3, 0.4) is 0 Å². The summed E-state index contributed by atoms with van der Waals surface area (Å²) < 4.78 is 0. The number of nitrogens with one attached hydrogen (secondary N) is 1. The van der Waals surface area contributed by atoms with Gasteiger partial charge in [0.05, 0.1) is 12.5 Å². The number of hydrogen-bond acceptors (Lipinski definition) is 5. The predicted molar refractivity (Wildman–Crippen MR) is 99.0 cm³/mol. The second-order valence-electron chi connectivity index (χ2n) is 7.23. The Morgan fingerprint density at radius 2 is 2.04 bits per heavy atom. The molecule has 1 aromatic heterocycles. The molecule has 2 saturated heterocycles. The van der Waals surface area contributed by atoms with Crippen molar-refractivity contribution >= 4 is 11.8 Å². The zero-order chi connectivity index (χ0) is 18.4. The largest absolute Gasteiger partial charge is 0.352 e. The molecule has 0 unspecified atom stereocenters. The van der Waals surface area contributed by atoms with Crippen molar-refractivity contribution in [2.75, 3.05) is 32.7 Å². The normalized spacial score (nSPS) is 22.2. The molecule has 0 radical (unpaired) electrons. The van der Waals surface area contributed by atoms with Crippen molar-refractivity contribution in [2.45, 2.75) is 38.3 Å². The van der Waals surface area contributed by atoms with E-state index in [0.29, 0.717) is 12.6 Å². The van der Waals surface area contributed by atoms with Crippen molar-refractivity contribution in [1.29, 1.82) is 0 Å². The first-order chi connectivity index (χ1) is 12.7. The summed E-state index contributed by atoms with van der Waals surface area (Å²) in [5.74, 6) is 0.216. The molecule has 7 heteroatoms. The third-order valence-corrected chi connectivity index (χ3v) is 5.52. The fourth-order valence-corrected chi connectivity index (χ4v) is 4.00. The van der Waals surface area contributed by atoms with Crippen LogP contribution >= 0.6 is 0 Å². The minimum Gasteiger partial charge on any atom is -0.352 e. The topological polar surface area (TPSA) is 91.6 Å². The molecule has 2 fully saturated rings. The van der Waals surface area contributed by atoms with E-state index in [9.17, 15) is 9.59 Å². The van der Waals surface area contributed by atoms with Crippen molar-refractivity contribution in [2.24, 2.45) is 11.7 Å². The maximum absolute atomic E-state index is 12.6. The molecule has 1 atom stereocenters. The van der Waals surface area contributed by atoms with Gasteiger partial charge in [-0.05, 0) is 43.9 Å². The van der Waals surface area contributed by atoms with Crippen LogP contribution in [0.5, 0.6) is 0 Å². The van der Waals surface area contributed by atoms with E-state index in [-0.39, 0.29) is 24.3 Å². The highest BCUT2D eigenvalue weighted by Crippen LogP contribution is 2.24. The first-order valence-electron chi connectivity index (χ1n) is 9.56. The molecule has 0 aromatic carbocycles. The molecule has 2 aliphatic rings. The summed E-state index contributed by atoms with van der Waals surface area (Å²) in [5, 5.41) is 3.05. The van der Waals surface area contributed by atoms with Gasteiger partial charge < -0.3 is 16.0 Å². The molecule has 3 rings (SSSR count). The van der Waals surface area contributed by atoms with Crippen LogP contribution in [0.15, 0.2) is 24.5 Å². The monoisotopic (exact) mass is 359 g/mol. The van der Waals surface area contributed by atoms with Crippen LogP contribution in [0.25, 0.3) is 0 Å². The van der Waals surface area contributed by atoms with E-state index in [1.165, 1.54) is 0 Å². The van der Waals surface area contributed by atoms with Crippen LogP contribution in [0, 0.1) is 5.92 Å². The summed E-state index contributed by atoms with van der Waals surface area (Å²) in [6.45, 7) is 4.02. The number of carbonyl (C=O) groups excluding carboxylic acids is 2. The summed E-state index contributed by atoms with van der Waals surface area (Å²) in [6, 6.07) is 4.31. The first-order valence-corrected chi connectivity index (χ1v) is 9.56. The average Bonchev–Trinajstić information content (AvgIpc) is 2.72. The molecule has 2 amide bonds. The standard InChI is InChI=1S/C19H29N5O2/c20-11-18(25)23-9-5-17(6-10-23)24-8-2-4-16(14-24)19(26)22-13-15-3-1-7-21-12-15/h1,3,7,12,16-17H,2,4-6,8-11,13-14,20H2,(H,22,26)/t16-/m1/s1. The number of rotatable bonds is 5. The van der Waals surface area contributed by atoms with Crippen LogP contribution in [0.4, 0.5) is 0 Å². The summed E-state index contributed by atoms with van der Waals surface area (Å²) in [4.78, 5) is 32.6. The van der Waals surface area contributed by atoms with Gasteiger partial charge in [0, 0.05) is 44.6 Å². The quantitative estimate of drug-likeness (QED) is 0.792. The Kier molecular flexibility index (Phi) is 6.57. The van der Waals surface area contributed by atoms with Gasteiger partial charge in [-0.2, -0.15) is 0 Å². The van der Waals surface area contributed by atoms with E-state index < -0.39 is 0 Å². The summed E-state index contributed by atoms with van der Waals surface area (Å²) in [6.07, 6.45) is 7.44. The zero-order valence-corrected chi connectivity index (χ0v) is 15.3. The molecule has 3 heterocycles. The lowest BCUT2D eigenvalue weighted by atomic mass is 9.93. The Balaban J connectivity index is 1.46. The van der Waals surface area contributed by atoms with E-state index in [1.807, 2.05) is 17.0 Å². The highest BCUT2D eigenvalue weighted by atomic mass is 16.2. The summed E-state index contributed by atoms with van der Waals surface area (Å²) >= 11 is 0. The average molecular weight is 359 g/mol. The van der Waals surface area contributed by atoms with Crippen molar-refractivity contribution in [3.63, 3.8) is 0 Å². The number of hydrogen-bond donors (Lipinski definition) is 2. The maximum atomic E-state index is 12.6. The van der Waals surface area contributed by atoms with Crippen LogP contribution in [0.2, 0.25) is 0 Å². The summed E-state index contributed by atoms with van der Waals surface area (Å²) in [5.41, 5.74) is 6.47. The van der Waals surface area contributed by atoms with E-state index in [4.69, 9.17) is 5.73 Å². The molecule has 7 nitrogen and oxygen atoms in total. The number of aromatic nitrogens is 1. The molecule has 0 saturated carbocycles. The van der Waals surface area contributed by atoms with Crippen molar-refractivity contribution in [3.05, 3.63) is 30.1 Å². The Morgan fingerprint density at radius 3 is 2.73 bits per heavy atom. The van der Waals surface area contributed by atoms with Gasteiger partial charge >= 0.3 is 0 Å². The first kappa shape index (κ1) is 18.8. The molecular weight excluding hydrogens is 330 g/mol. The second kappa shape index (κ2) is 9.09. The number of nitrogens with zero attached hydrogens (tertiary/aromatic N) is 3. The number of carbonyl (C=O) groups is 2. The molecule has 2 aliphatic heterocycles. The number of nitrogens with two attached hydrogens (primary N) is 1. The van der Waals surface area contributed by atoms with Crippen LogP contribution in [-0.2, 0) is 16.1 Å². The van der Waals surface area contributed by atoms with E-state index in [2.05, 4.69) is 15.2 Å². The molecular formula is C19H29N5O2. The fourth-order valence-electron chi connectivity index (χ4n) is 4.00. The van der Waals surface area contributed by atoms with Gasteiger partial charge in [-0.3, -0.25) is 19.5 Å². The molecule has 3 N–H and O–H groups in total. The Hall–Kier alpha value is -1.99. The van der Waals surface area contributed by atoms with Gasteiger partial charge in [0.25, 0.3) is 0 Å². The lowest BCUT2D eigenvalue weighted by molar-refractivity contribution is -0.131. The lowest BCUT2D eigenvalue weighted by Crippen LogP contribution is -2.52. The number of amides is 2. The predicted octanol–water partition coefficient (Wildman–Crippen LogP) is 0.360. The van der Waals surface area contributed by atoms with E-state index in [0.717, 1.165) is 57.4 Å². The molecule has 1 aromatic rings. The lowest BCUT2D eigenvalue weighted by Gasteiger charge is -2.42. The minimum atomic E-state index is 0.0368. The highest BCUT2D eigenvalue weighted by Gasteiger charge is 2.32. The van der Waals surface area contributed by atoms with Gasteiger partial charge in [-0.1, -0.05) is 6.07 Å². The number of piperidine rings is 2. The Morgan fingerprint density at radius 1 is 1.23 bits per heavy atom. The van der Waals surface area contributed by atoms with Crippen LogP contribution in [-0.4, -0.2) is 65.4 Å². The zero-order valence-electron chi connectivity index (χ0n) is 15.3. The molecule has 0 bridgehead atoms. The van der Waals surface area contributed by atoms with Gasteiger partial charge in [-0.15, -0.1) is 0 Å². The second-order valence-corrected chi connectivity index (χ2v) is 7.23. The number of pyridine rings is 1. The third kappa shape index (κ3) is 4.80. The summed E-state index contributed by atoms with van der Waals surface area (Å²) in [7, 11) is 0. The Labute approximate surface area is 154 Å². The van der Waals surface area contributed by atoms with Crippen molar-refractivity contribution < 1.29 is 9.59 Å². The van der Waals surface area contributed by atoms with Gasteiger partial charge in [0.15, 0.2) is 0 Å². The Bertz CT molecular complexity index is 601. The maximum Gasteiger partial charge on any atom is 0.236 e. The molecule has 0 aliphatic carbocycles. The van der Waals surface area contributed by atoms with Gasteiger partial charge in [0.1, 0.15) is 0 Å². The van der Waals surface area contributed by atoms with Gasteiger partial charge in [0.2, 0.25) is 11.8 Å². The van der Waals surface area contributed by atoms with Gasteiger partial charge in [-0.25, -0.2) is 0 Å². The number of likely N-dealkylation sites (tertiary alicyclic amines) is 2. The van der Waals surface area contributed by atoms with Crippen LogP contribution < -0.4 is 11.1 Å². The van der Waals surface area contributed by atoms with Crippen molar-refractivity contribution in [3.8, 4) is 0 Å². The van der Waals surface area contributed by atoms with E-state index >= 15 is 0 Å². The van der Waals surface area contributed by atoms with E-state index in [1.54, 1.807) is 12.4 Å². The van der Waals surface area contributed by atoms with Crippen LogP contribution in [0.1, 0.15) is 31.2 Å². The SMILES string of the molecule is NCC(=O)N1CCC(N2CCC[C@@H](C(=O)NCc3cccnc3)C2)CC1. The molecule has 0 spiro atoms. The smallest absolute Gasteiger partial charge is 0.236 e. The highest BCUT2D eigenvalue weighted by molar-refractivity contribution is 5.79. The minimum absolute atomic E-state index is 0.0368. The third-order valence-electron chi connectivity index (χ3n) is 5.52. The van der Waals surface area contributed by atoms with Crippen molar-refractivity contribution in [1.82, 2.24) is 20.1 Å². The molecule has 142 valence electrons.